The van der Waals surface area contributed by atoms with E-state index < -0.39 is 11.8 Å². The van der Waals surface area contributed by atoms with E-state index in [1.807, 2.05) is 6.08 Å². The number of carboxylic acid groups (broad SMARTS) is 1. The zero-order valence-electron chi connectivity index (χ0n) is 23.6. The lowest BCUT2D eigenvalue weighted by atomic mass is 9.41. The third-order valence-electron chi connectivity index (χ3n) is 12.2. The van der Waals surface area contributed by atoms with E-state index in [1.54, 1.807) is 6.07 Å². The monoisotopic (exact) mass is 526 g/mol. The Morgan fingerprint density at radius 1 is 1.08 bits per heavy atom. The van der Waals surface area contributed by atoms with Crippen LogP contribution in [0.1, 0.15) is 101 Å². The zero-order valence-corrected chi connectivity index (χ0v) is 23.6. The maximum atomic E-state index is 13.6. The van der Waals surface area contributed by atoms with Crippen molar-refractivity contribution in [1.82, 2.24) is 0 Å². The lowest BCUT2D eigenvalue weighted by molar-refractivity contribution is -0.203. The van der Waals surface area contributed by atoms with Gasteiger partial charge in [-0.15, -0.1) is 0 Å². The third-order valence-corrected chi connectivity index (χ3v) is 12.2. The normalized spacial score (nSPS) is 43.3. The molecule has 5 heteroatoms. The predicted molar refractivity (Wildman–Crippen MR) is 148 cm³/mol. The van der Waals surface area contributed by atoms with E-state index in [2.05, 4.69) is 33.8 Å². The molecule has 0 radical (unpaired) electrons. The minimum Gasteiger partial charge on any atom is -0.478 e. The molecule has 4 aliphatic rings. The molecule has 5 rings (SSSR count). The summed E-state index contributed by atoms with van der Waals surface area (Å²) < 4.78 is 13.6. The lowest BCUT2D eigenvalue weighted by Gasteiger charge is -2.64. The number of allylic oxidation sites excluding steroid dienone is 1. The number of aliphatic hydroxyl groups is 2. The quantitative estimate of drug-likeness (QED) is 0.367. The van der Waals surface area contributed by atoms with Crippen molar-refractivity contribution in [2.45, 2.75) is 97.7 Å². The SMILES string of the molecule is CC[C@H]1[C@@H](O)C2C3CC[C@H]([C@H](C)C/C=C/c4ccc(F)cc4C(=O)O)[C@@]3(C)CCC2[C@@]2(C)CC[C@@H](O)C[C@@H]12. The van der Waals surface area contributed by atoms with Gasteiger partial charge in [0.25, 0.3) is 0 Å². The number of carbonyl (C=O) groups is 1. The molecule has 1 aromatic rings. The fourth-order valence-corrected chi connectivity index (χ4v) is 10.4. The Kier molecular flexibility index (Phi) is 7.58. The van der Waals surface area contributed by atoms with Crippen LogP contribution in [0.4, 0.5) is 4.39 Å². The molecule has 0 aliphatic heterocycles. The van der Waals surface area contributed by atoms with Gasteiger partial charge >= 0.3 is 5.97 Å². The third kappa shape index (κ3) is 4.46. The van der Waals surface area contributed by atoms with Crippen LogP contribution in [0.25, 0.3) is 6.08 Å². The van der Waals surface area contributed by atoms with Crippen molar-refractivity contribution in [3.63, 3.8) is 0 Å². The highest BCUT2D eigenvalue weighted by Gasteiger charge is 2.64. The van der Waals surface area contributed by atoms with Crippen LogP contribution in [0.15, 0.2) is 24.3 Å². The summed E-state index contributed by atoms with van der Waals surface area (Å²) in [6.45, 7) is 9.52. The average molecular weight is 527 g/mol. The number of benzene rings is 1. The standard InChI is InChI=1S/C33H47FO4/c1-5-23-28-18-22(35)13-15-33(28,4)27-14-16-32(3)25(11-12-26(32)29(27)30(23)36)19(2)7-6-8-20-9-10-21(34)17-24(20)31(37)38/h6,8-10,17,19,22-23,25-30,35-36H,5,7,11-16,18H2,1-4H3,(H,37,38)/b8-6+/t19-,22-,23-,25-,26?,27?,28+,29?,30-,32-,33-/m1/s1. The first-order chi connectivity index (χ1) is 18.0. The van der Waals surface area contributed by atoms with Gasteiger partial charge in [-0.3, -0.25) is 0 Å². The summed E-state index contributed by atoms with van der Waals surface area (Å²) in [6, 6.07) is 3.94. The van der Waals surface area contributed by atoms with Crippen LogP contribution in [0.5, 0.6) is 0 Å². The van der Waals surface area contributed by atoms with Gasteiger partial charge in [0, 0.05) is 0 Å². The number of carboxylic acids is 1. The van der Waals surface area contributed by atoms with E-state index in [9.17, 15) is 24.5 Å². The van der Waals surface area contributed by atoms with E-state index in [0.29, 0.717) is 41.1 Å². The fourth-order valence-electron chi connectivity index (χ4n) is 10.4. The van der Waals surface area contributed by atoms with Gasteiger partial charge in [0.05, 0.1) is 17.8 Å². The molecule has 11 atom stereocenters. The number of hydrogen-bond donors (Lipinski definition) is 3. The molecular weight excluding hydrogens is 479 g/mol. The second kappa shape index (κ2) is 10.4. The second-order valence-electron chi connectivity index (χ2n) is 13.8. The molecule has 0 heterocycles. The Bertz CT molecular complexity index is 1070. The van der Waals surface area contributed by atoms with Crippen LogP contribution >= 0.6 is 0 Å². The summed E-state index contributed by atoms with van der Waals surface area (Å²) >= 11 is 0. The molecule has 4 aliphatic carbocycles. The van der Waals surface area contributed by atoms with Crippen molar-refractivity contribution < 1.29 is 24.5 Å². The smallest absolute Gasteiger partial charge is 0.336 e. The largest absolute Gasteiger partial charge is 0.478 e. The van der Waals surface area contributed by atoms with Gasteiger partial charge < -0.3 is 15.3 Å². The Hall–Kier alpha value is -1.72. The van der Waals surface area contributed by atoms with E-state index in [4.69, 9.17) is 0 Å². The molecule has 0 bridgehead atoms. The highest BCUT2D eigenvalue weighted by atomic mass is 19.1. The Balaban J connectivity index is 1.34. The van der Waals surface area contributed by atoms with Crippen LogP contribution in [0.2, 0.25) is 0 Å². The maximum Gasteiger partial charge on any atom is 0.336 e. The summed E-state index contributed by atoms with van der Waals surface area (Å²) in [7, 11) is 0. The summed E-state index contributed by atoms with van der Waals surface area (Å²) in [5.41, 5.74) is 0.958. The van der Waals surface area contributed by atoms with Crippen molar-refractivity contribution >= 4 is 12.0 Å². The van der Waals surface area contributed by atoms with E-state index in [-0.39, 0.29) is 34.5 Å². The van der Waals surface area contributed by atoms with Crippen LogP contribution in [-0.2, 0) is 0 Å². The molecule has 0 aromatic heterocycles. The molecule has 3 N–H and O–H groups in total. The second-order valence-corrected chi connectivity index (χ2v) is 13.8. The summed E-state index contributed by atoms with van der Waals surface area (Å²) in [5, 5.41) is 31.8. The fraction of sp³-hybridized carbons (Fsp3) is 0.727. The van der Waals surface area contributed by atoms with Gasteiger partial charge in [0.2, 0.25) is 0 Å². The van der Waals surface area contributed by atoms with Crippen LogP contribution in [0, 0.1) is 58.1 Å². The first-order valence-electron chi connectivity index (χ1n) is 15.1. The van der Waals surface area contributed by atoms with E-state index >= 15 is 0 Å². The molecule has 4 fully saturated rings. The Labute approximate surface area is 227 Å². The zero-order chi connectivity index (χ0) is 27.4. The molecule has 3 unspecified atom stereocenters. The molecule has 38 heavy (non-hydrogen) atoms. The van der Waals surface area contributed by atoms with Gasteiger partial charge in [0.1, 0.15) is 5.82 Å². The number of hydrogen-bond acceptors (Lipinski definition) is 3. The molecule has 0 amide bonds. The predicted octanol–water partition coefficient (Wildman–Crippen LogP) is 7.19. The Morgan fingerprint density at radius 2 is 1.79 bits per heavy atom. The summed E-state index contributed by atoms with van der Waals surface area (Å²) in [4.78, 5) is 11.6. The first kappa shape index (κ1) is 27.8. The van der Waals surface area contributed by atoms with Gasteiger partial charge in [-0.1, -0.05) is 52.3 Å². The van der Waals surface area contributed by atoms with Crippen LogP contribution in [0.3, 0.4) is 0 Å². The summed E-state index contributed by atoms with van der Waals surface area (Å²) in [6.07, 6.45) is 12.8. The first-order valence-corrected chi connectivity index (χ1v) is 15.1. The molecular formula is C33H47FO4. The maximum absolute atomic E-state index is 13.6. The average Bonchev–Trinajstić information content (AvgIpc) is 3.23. The van der Waals surface area contributed by atoms with Crippen molar-refractivity contribution in [3.05, 3.63) is 41.2 Å². The van der Waals surface area contributed by atoms with Gasteiger partial charge in [-0.2, -0.15) is 0 Å². The minimum absolute atomic E-state index is 0.00101. The number of halogens is 1. The van der Waals surface area contributed by atoms with Crippen molar-refractivity contribution in [3.8, 4) is 0 Å². The molecule has 1 aromatic carbocycles. The van der Waals surface area contributed by atoms with Crippen LogP contribution < -0.4 is 0 Å². The van der Waals surface area contributed by atoms with Crippen molar-refractivity contribution in [2.75, 3.05) is 0 Å². The minimum atomic E-state index is -1.11. The number of aromatic carboxylic acids is 1. The topological polar surface area (TPSA) is 77.8 Å². The van der Waals surface area contributed by atoms with E-state index in [0.717, 1.165) is 38.2 Å². The lowest BCUT2D eigenvalue weighted by Crippen LogP contribution is -2.62. The van der Waals surface area contributed by atoms with Crippen LogP contribution in [-0.4, -0.2) is 33.5 Å². The van der Waals surface area contributed by atoms with Gasteiger partial charge in [0.15, 0.2) is 0 Å². The number of aliphatic hydroxyl groups excluding tert-OH is 2. The molecule has 4 nitrogen and oxygen atoms in total. The highest BCUT2D eigenvalue weighted by Crippen LogP contribution is 2.69. The Morgan fingerprint density at radius 3 is 2.50 bits per heavy atom. The van der Waals surface area contributed by atoms with E-state index in [1.165, 1.54) is 31.7 Å². The number of rotatable bonds is 6. The highest BCUT2D eigenvalue weighted by molar-refractivity contribution is 5.92. The molecule has 0 spiro atoms. The van der Waals surface area contributed by atoms with Gasteiger partial charge in [-0.05, 0) is 121 Å². The van der Waals surface area contributed by atoms with Crippen molar-refractivity contribution in [2.24, 2.45) is 52.3 Å². The summed E-state index contributed by atoms with van der Waals surface area (Å²) in [5.74, 6) is 1.48. The molecule has 0 saturated heterocycles. The van der Waals surface area contributed by atoms with Crippen molar-refractivity contribution in [1.29, 1.82) is 0 Å². The van der Waals surface area contributed by atoms with Gasteiger partial charge in [-0.25, -0.2) is 9.18 Å². The molecule has 210 valence electrons. The number of fused-ring (bicyclic) bond motifs is 5. The molecule has 4 saturated carbocycles.